The smallest absolute Gasteiger partial charge is 0.321 e. The molecule has 1 aliphatic rings. The minimum atomic E-state index is -3.61. The fourth-order valence-electron chi connectivity index (χ4n) is 3.18. The summed E-state index contributed by atoms with van der Waals surface area (Å²) >= 11 is 0. The molecule has 1 fully saturated rings. The summed E-state index contributed by atoms with van der Waals surface area (Å²) in [4.78, 5) is 25.8. The van der Waals surface area contributed by atoms with Crippen LogP contribution in [0.15, 0.2) is 53.5 Å². The summed E-state index contributed by atoms with van der Waals surface area (Å²) in [6.07, 6.45) is 2.67. The van der Waals surface area contributed by atoms with Gasteiger partial charge in [-0.05, 0) is 38.0 Å². The molecule has 28 heavy (non-hydrogen) atoms. The average Bonchev–Trinajstić information content (AvgIpc) is 2.70. The highest BCUT2D eigenvalue weighted by Crippen LogP contribution is 2.20. The molecule has 1 aliphatic heterocycles. The van der Waals surface area contributed by atoms with Crippen LogP contribution in [0.25, 0.3) is 0 Å². The van der Waals surface area contributed by atoms with Crippen molar-refractivity contribution < 1.29 is 13.2 Å². The number of nitrogens with zero attached hydrogens (tertiary/aromatic N) is 2. The zero-order valence-corrected chi connectivity index (χ0v) is 16.5. The Bertz CT molecular complexity index is 988. The molecule has 0 radical (unpaired) electrons. The number of pyridine rings is 1. The molecule has 3 rings (SSSR count). The lowest BCUT2D eigenvalue weighted by Crippen LogP contribution is -2.48. The highest BCUT2D eigenvalue weighted by atomic mass is 32.2. The molecule has 0 bridgehead atoms. The molecule has 0 spiro atoms. The number of hydrogen-bond donors (Lipinski definition) is 2. The molecule has 1 atom stereocenters. The van der Waals surface area contributed by atoms with E-state index in [-0.39, 0.29) is 18.1 Å². The number of aromatic nitrogens is 1. The van der Waals surface area contributed by atoms with Crippen molar-refractivity contribution in [2.45, 2.75) is 31.6 Å². The van der Waals surface area contributed by atoms with Gasteiger partial charge in [0.1, 0.15) is 0 Å². The molecule has 9 heteroatoms. The van der Waals surface area contributed by atoms with Crippen LogP contribution in [0.4, 0.5) is 16.2 Å². The predicted molar refractivity (Wildman–Crippen MR) is 109 cm³/mol. The van der Waals surface area contributed by atoms with Crippen molar-refractivity contribution in [1.29, 1.82) is 0 Å². The number of piperidine rings is 1. The highest BCUT2D eigenvalue weighted by Gasteiger charge is 2.32. The van der Waals surface area contributed by atoms with Crippen LogP contribution in [0, 0.1) is 0 Å². The monoisotopic (exact) mass is 404 g/mol. The third kappa shape index (κ3) is 4.72. The van der Waals surface area contributed by atoms with Crippen molar-refractivity contribution >= 4 is 27.4 Å². The molecule has 2 N–H and O–H groups in total. The summed E-state index contributed by atoms with van der Waals surface area (Å²) in [5.41, 5.74) is 0.862. The number of sulfonamides is 1. The first kappa shape index (κ1) is 19.9. The maximum Gasteiger partial charge on any atom is 0.321 e. The Balaban J connectivity index is 1.67. The number of amides is 2. The Morgan fingerprint density at radius 3 is 2.61 bits per heavy atom. The quantitative estimate of drug-likeness (QED) is 0.798. The van der Waals surface area contributed by atoms with E-state index in [2.05, 4.69) is 10.0 Å². The van der Waals surface area contributed by atoms with Gasteiger partial charge in [0, 0.05) is 37.6 Å². The number of urea groups is 1. The second-order valence-electron chi connectivity index (χ2n) is 6.70. The molecule has 150 valence electrons. The fraction of sp³-hybridized carbons (Fsp3) is 0.368. The Labute approximate surface area is 164 Å². The fourth-order valence-corrected chi connectivity index (χ4v) is 4.67. The Hall–Kier alpha value is -2.81. The lowest BCUT2D eigenvalue weighted by Gasteiger charge is -2.32. The number of aryl methyl sites for hydroxylation is 1. The number of para-hydroxylation sites is 1. The van der Waals surface area contributed by atoms with Crippen LogP contribution in [0.2, 0.25) is 0 Å². The number of anilines is 2. The van der Waals surface area contributed by atoms with E-state index in [0.29, 0.717) is 37.3 Å². The summed E-state index contributed by atoms with van der Waals surface area (Å²) in [5.74, 6) is 0. The first-order chi connectivity index (χ1) is 13.4. The van der Waals surface area contributed by atoms with Crippen LogP contribution in [0.1, 0.15) is 19.8 Å². The normalized spacial score (nSPS) is 17.2. The molecule has 1 aromatic heterocycles. The second-order valence-corrected chi connectivity index (χ2v) is 8.66. The van der Waals surface area contributed by atoms with E-state index in [1.807, 2.05) is 13.0 Å². The van der Waals surface area contributed by atoms with Crippen LogP contribution >= 0.6 is 0 Å². The standard InChI is InChI=1S/C19H24N4O4S/c1-2-22-13-16(10-11-18(22)24)20-19(25)23-12-6-9-17(14-23)28(26,27)21-15-7-4-3-5-8-15/h3-5,7-8,10-11,13,17,21H,2,6,9,12,14H2,1H3,(H,20,25)/t17-/m0/s1. The van der Waals surface area contributed by atoms with E-state index in [1.54, 1.807) is 36.5 Å². The van der Waals surface area contributed by atoms with Crippen molar-refractivity contribution in [1.82, 2.24) is 9.47 Å². The van der Waals surface area contributed by atoms with Gasteiger partial charge in [0.15, 0.2) is 0 Å². The van der Waals surface area contributed by atoms with E-state index in [4.69, 9.17) is 0 Å². The van der Waals surface area contributed by atoms with Crippen LogP contribution in [-0.4, -0.2) is 42.3 Å². The van der Waals surface area contributed by atoms with Gasteiger partial charge in [-0.1, -0.05) is 18.2 Å². The summed E-state index contributed by atoms with van der Waals surface area (Å²) in [5, 5.41) is 2.06. The Morgan fingerprint density at radius 2 is 1.89 bits per heavy atom. The van der Waals surface area contributed by atoms with Gasteiger partial charge < -0.3 is 14.8 Å². The molecular weight excluding hydrogens is 380 g/mol. The topological polar surface area (TPSA) is 101 Å². The van der Waals surface area contributed by atoms with E-state index < -0.39 is 15.3 Å². The minimum absolute atomic E-state index is 0.113. The third-order valence-electron chi connectivity index (χ3n) is 4.71. The van der Waals surface area contributed by atoms with Gasteiger partial charge in [0.25, 0.3) is 5.56 Å². The van der Waals surface area contributed by atoms with Crippen molar-refractivity contribution in [2.75, 3.05) is 23.1 Å². The molecule has 0 aliphatic carbocycles. The van der Waals surface area contributed by atoms with Crippen LogP contribution in [0.3, 0.4) is 0 Å². The van der Waals surface area contributed by atoms with Gasteiger partial charge in [0.2, 0.25) is 10.0 Å². The molecule has 2 heterocycles. The SMILES string of the molecule is CCn1cc(NC(=O)N2CCC[C@H](S(=O)(=O)Nc3ccccc3)C2)ccc1=O. The zero-order valence-electron chi connectivity index (χ0n) is 15.7. The van der Waals surface area contributed by atoms with E-state index >= 15 is 0 Å². The van der Waals surface area contributed by atoms with Gasteiger partial charge in [-0.3, -0.25) is 9.52 Å². The lowest BCUT2D eigenvalue weighted by molar-refractivity contribution is 0.200. The molecule has 2 amide bonds. The van der Waals surface area contributed by atoms with Gasteiger partial charge in [-0.25, -0.2) is 13.2 Å². The number of rotatable bonds is 5. The Kier molecular flexibility index (Phi) is 6.03. The number of carbonyl (C=O) groups excluding carboxylic acids is 1. The maximum atomic E-state index is 12.7. The number of benzene rings is 1. The average molecular weight is 404 g/mol. The summed E-state index contributed by atoms with van der Waals surface area (Å²) in [6.45, 7) is 2.93. The highest BCUT2D eigenvalue weighted by molar-refractivity contribution is 7.93. The van der Waals surface area contributed by atoms with Crippen molar-refractivity contribution in [3.05, 3.63) is 59.0 Å². The van der Waals surface area contributed by atoms with Crippen LogP contribution < -0.4 is 15.6 Å². The number of likely N-dealkylation sites (tertiary alicyclic amines) is 1. The van der Waals surface area contributed by atoms with Crippen molar-refractivity contribution in [3.8, 4) is 0 Å². The zero-order chi connectivity index (χ0) is 20.1. The Morgan fingerprint density at radius 1 is 1.14 bits per heavy atom. The first-order valence-corrected chi connectivity index (χ1v) is 10.8. The van der Waals surface area contributed by atoms with E-state index in [9.17, 15) is 18.0 Å². The number of carbonyl (C=O) groups is 1. The number of nitrogens with one attached hydrogen (secondary N) is 2. The van der Waals surface area contributed by atoms with Gasteiger partial charge >= 0.3 is 6.03 Å². The molecule has 1 aromatic carbocycles. The molecular formula is C19H24N4O4S. The summed E-state index contributed by atoms with van der Waals surface area (Å²) in [6, 6.07) is 11.3. The van der Waals surface area contributed by atoms with Crippen LogP contribution in [-0.2, 0) is 16.6 Å². The molecule has 2 aromatic rings. The molecule has 8 nitrogen and oxygen atoms in total. The summed E-state index contributed by atoms with van der Waals surface area (Å²) in [7, 11) is -3.61. The second kappa shape index (κ2) is 8.47. The largest absolute Gasteiger partial charge is 0.323 e. The van der Waals surface area contributed by atoms with Gasteiger partial charge in [-0.2, -0.15) is 0 Å². The lowest BCUT2D eigenvalue weighted by atomic mass is 10.1. The molecule has 0 unspecified atom stereocenters. The molecule has 0 saturated carbocycles. The third-order valence-corrected chi connectivity index (χ3v) is 6.50. The van der Waals surface area contributed by atoms with Gasteiger partial charge in [0.05, 0.1) is 10.9 Å². The van der Waals surface area contributed by atoms with Crippen LogP contribution in [0.5, 0.6) is 0 Å². The van der Waals surface area contributed by atoms with Crippen molar-refractivity contribution in [2.24, 2.45) is 0 Å². The number of hydrogen-bond acceptors (Lipinski definition) is 4. The van der Waals surface area contributed by atoms with E-state index in [1.165, 1.54) is 15.5 Å². The van der Waals surface area contributed by atoms with Crippen molar-refractivity contribution in [3.63, 3.8) is 0 Å². The maximum absolute atomic E-state index is 12.7. The molecule has 1 saturated heterocycles. The van der Waals surface area contributed by atoms with Gasteiger partial charge in [-0.15, -0.1) is 0 Å². The minimum Gasteiger partial charge on any atom is -0.323 e. The van der Waals surface area contributed by atoms with E-state index in [0.717, 1.165) is 0 Å². The summed E-state index contributed by atoms with van der Waals surface area (Å²) < 4.78 is 29.5. The first-order valence-electron chi connectivity index (χ1n) is 9.22. The predicted octanol–water partition coefficient (Wildman–Crippen LogP) is 2.31.